The molecule has 2 fully saturated rings. The van der Waals surface area contributed by atoms with Crippen molar-refractivity contribution in [3.8, 4) is 0 Å². The first kappa shape index (κ1) is 17.2. The number of aliphatic hydroxyl groups is 2. The van der Waals surface area contributed by atoms with Crippen LogP contribution in [0.3, 0.4) is 0 Å². The molecule has 0 aromatic heterocycles. The van der Waals surface area contributed by atoms with Crippen LogP contribution in [-0.4, -0.2) is 29.2 Å². The highest BCUT2D eigenvalue weighted by molar-refractivity contribution is 5.88. The molecule has 0 saturated heterocycles. The second-order valence-electron chi connectivity index (χ2n) is 9.02. The van der Waals surface area contributed by atoms with Crippen LogP contribution in [0.5, 0.6) is 0 Å². The van der Waals surface area contributed by atoms with Gasteiger partial charge in [-0.05, 0) is 61.7 Å². The molecular weight excluding hydrogens is 288 g/mol. The Balaban J connectivity index is 2.07. The van der Waals surface area contributed by atoms with Crippen molar-refractivity contribution in [1.82, 2.24) is 0 Å². The highest BCUT2D eigenvalue weighted by atomic mass is 16.3. The number of carbonyl (C=O) groups excluding carboxylic acids is 1. The van der Waals surface area contributed by atoms with E-state index in [0.717, 1.165) is 44.1 Å². The Kier molecular flexibility index (Phi) is 4.25. The van der Waals surface area contributed by atoms with Crippen molar-refractivity contribution in [2.45, 2.75) is 65.7 Å². The van der Waals surface area contributed by atoms with Gasteiger partial charge in [-0.3, -0.25) is 4.79 Å². The number of Topliss-reactive ketones (excluding diaryl/α,β-unsaturated/α-hetero) is 1. The van der Waals surface area contributed by atoms with Gasteiger partial charge < -0.3 is 10.2 Å². The Morgan fingerprint density at radius 3 is 2.52 bits per heavy atom. The maximum atomic E-state index is 13.0. The van der Waals surface area contributed by atoms with Gasteiger partial charge in [0.2, 0.25) is 0 Å². The molecule has 3 heteroatoms. The second-order valence-corrected chi connectivity index (χ2v) is 9.02. The van der Waals surface area contributed by atoms with E-state index >= 15 is 0 Å². The molecule has 23 heavy (non-hydrogen) atoms. The SMILES string of the molecule is CC1=CCC2C(CO)(CCC3C(C)(CO)CCCC32C)C(=O)C1. The summed E-state index contributed by atoms with van der Waals surface area (Å²) in [6.45, 7) is 6.81. The Morgan fingerprint density at radius 1 is 1.13 bits per heavy atom. The summed E-state index contributed by atoms with van der Waals surface area (Å²) < 4.78 is 0. The van der Waals surface area contributed by atoms with Gasteiger partial charge in [-0.2, -0.15) is 0 Å². The summed E-state index contributed by atoms with van der Waals surface area (Å²) in [5.41, 5.74) is 0.585. The zero-order chi connectivity index (χ0) is 16.9. The molecular formula is C20H32O3. The van der Waals surface area contributed by atoms with E-state index in [9.17, 15) is 15.0 Å². The number of hydrogen-bond donors (Lipinski definition) is 2. The van der Waals surface area contributed by atoms with Crippen molar-refractivity contribution < 1.29 is 15.0 Å². The van der Waals surface area contributed by atoms with Gasteiger partial charge in [0.25, 0.3) is 0 Å². The molecule has 0 aliphatic heterocycles. The van der Waals surface area contributed by atoms with E-state index < -0.39 is 5.41 Å². The smallest absolute Gasteiger partial charge is 0.145 e. The van der Waals surface area contributed by atoms with Crippen molar-refractivity contribution in [2.75, 3.05) is 13.2 Å². The lowest BCUT2D eigenvalue weighted by Crippen LogP contribution is -2.59. The number of fused-ring (bicyclic) bond motifs is 3. The van der Waals surface area contributed by atoms with Crippen LogP contribution in [0.4, 0.5) is 0 Å². The van der Waals surface area contributed by atoms with Crippen LogP contribution < -0.4 is 0 Å². The molecule has 0 radical (unpaired) electrons. The molecule has 0 spiro atoms. The van der Waals surface area contributed by atoms with Crippen LogP contribution in [0, 0.1) is 28.1 Å². The Hall–Kier alpha value is -0.670. The topological polar surface area (TPSA) is 57.5 Å². The van der Waals surface area contributed by atoms with E-state index in [2.05, 4.69) is 19.9 Å². The molecule has 3 rings (SSSR count). The number of ketones is 1. The largest absolute Gasteiger partial charge is 0.396 e. The average Bonchev–Trinajstić information content (AvgIpc) is 2.64. The van der Waals surface area contributed by atoms with Crippen molar-refractivity contribution in [3.63, 3.8) is 0 Å². The summed E-state index contributed by atoms with van der Waals surface area (Å²) in [5, 5.41) is 20.3. The molecule has 5 atom stereocenters. The minimum Gasteiger partial charge on any atom is -0.396 e. The molecule has 130 valence electrons. The standard InChI is InChI=1S/C20H32O3/c1-14-5-6-16-19(3)9-4-8-18(2,12-21)15(19)7-10-20(16,13-22)17(23)11-14/h5,15-16,21-22H,4,6-13H2,1-3H3. The molecule has 5 unspecified atom stereocenters. The van der Waals surface area contributed by atoms with E-state index in [0.29, 0.717) is 12.3 Å². The van der Waals surface area contributed by atoms with Crippen LogP contribution >= 0.6 is 0 Å². The van der Waals surface area contributed by atoms with Crippen LogP contribution in [-0.2, 0) is 4.79 Å². The predicted molar refractivity (Wildman–Crippen MR) is 90.9 cm³/mol. The third-order valence-corrected chi connectivity index (χ3v) is 7.78. The first-order valence-corrected chi connectivity index (χ1v) is 9.23. The van der Waals surface area contributed by atoms with E-state index in [-0.39, 0.29) is 35.7 Å². The highest BCUT2D eigenvalue weighted by Crippen LogP contribution is 2.65. The lowest BCUT2D eigenvalue weighted by Gasteiger charge is -2.62. The lowest BCUT2D eigenvalue weighted by atomic mass is 9.42. The Morgan fingerprint density at radius 2 is 1.87 bits per heavy atom. The quantitative estimate of drug-likeness (QED) is 0.766. The average molecular weight is 320 g/mol. The molecule has 0 bridgehead atoms. The van der Waals surface area contributed by atoms with Crippen molar-refractivity contribution in [2.24, 2.45) is 28.1 Å². The van der Waals surface area contributed by atoms with Gasteiger partial charge in [-0.1, -0.05) is 31.9 Å². The van der Waals surface area contributed by atoms with Crippen LogP contribution in [0.1, 0.15) is 65.7 Å². The molecule has 3 aliphatic rings. The first-order valence-electron chi connectivity index (χ1n) is 9.23. The number of aliphatic hydroxyl groups excluding tert-OH is 2. The predicted octanol–water partition coefficient (Wildman–Crippen LogP) is 3.49. The van der Waals surface area contributed by atoms with Gasteiger partial charge in [-0.15, -0.1) is 0 Å². The Labute approximate surface area is 140 Å². The monoisotopic (exact) mass is 320 g/mol. The molecule has 3 nitrogen and oxygen atoms in total. The summed E-state index contributed by atoms with van der Waals surface area (Å²) in [7, 11) is 0. The summed E-state index contributed by atoms with van der Waals surface area (Å²) in [4.78, 5) is 13.0. The number of carbonyl (C=O) groups is 1. The minimum absolute atomic E-state index is 0.0181. The van der Waals surface area contributed by atoms with Gasteiger partial charge in [-0.25, -0.2) is 0 Å². The molecule has 0 aromatic rings. The number of allylic oxidation sites excluding steroid dienone is 2. The minimum atomic E-state index is -0.562. The number of rotatable bonds is 2. The molecule has 0 amide bonds. The fourth-order valence-electron chi connectivity index (χ4n) is 6.44. The van der Waals surface area contributed by atoms with Gasteiger partial charge in [0.15, 0.2) is 0 Å². The second kappa shape index (κ2) is 5.70. The third kappa shape index (κ3) is 2.34. The summed E-state index contributed by atoms with van der Waals surface area (Å²) in [6.07, 6.45) is 8.66. The van der Waals surface area contributed by atoms with Gasteiger partial charge in [0.1, 0.15) is 5.78 Å². The molecule has 3 aliphatic carbocycles. The Bertz CT molecular complexity index is 525. The summed E-state index contributed by atoms with van der Waals surface area (Å²) >= 11 is 0. The van der Waals surface area contributed by atoms with Crippen molar-refractivity contribution >= 4 is 5.78 Å². The fourth-order valence-corrected chi connectivity index (χ4v) is 6.44. The van der Waals surface area contributed by atoms with Crippen molar-refractivity contribution in [1.29, 1.82) is 0 Å². The summed E-state index contributed by atoms with van der Waals surface area (Å²) in [5.74, 6) is 0.889. The zero-order valence-corrected chi connectivity index (χ0v) is 14.9. The third-order valence-electron chi connectivity index (χ3n) is 7.78. The van der Waals surface area contributed by atoms with E-state index in [1.165, 1.54) is 0 Å². The lowest BCUT2D eigenvalue weighted by molar-refractivity contribution is -0.172. The maximum Gasteiger partial charge on any atom is 0.145 e. The number of hydrogen-bond acceptors (Lipinski definition) is 3. The van der Waals surface area contributed by atoms with Crippen LogP contribution in [0.25, 0.3) is 0 Å². The normalized spacial score (nSPS) is 47.3. The maximum absolute atomic E-state index is 13.0. The highest BCUT2D eigenvalue weighted by Gasteiger charge is 2.62. The van der Waals surface area contributed by atoms with E-state index in [4.69, 9.17) is 0 Å². The summed E-state index contributed by atoms with van der Waals surface area (Å²) in [6, 6.07) is 0. The molecule has 0 aromatic carbocycles. The van der Waals surface area contributed by atoms with E-state index in [1.807, 2.05) is 6.92 Å². The first-order chi connectivity index (χ1) is 10.8. The molecule has 2 N–H and O–H groups in total. The van der Waals surface area contributed by atoms with Gasteiger partial charge >= 0.3 is 0 Å². The zero-order valence-electron chi connectivity index (χ0n) is 14.9. The molecule has 2 saturated carbocycles. The molecule has 0 heterocycles. The van der Waals surface area contributed by atoms with Crippen molar-refractivity contribution in [3.05, 3.63) is 11.6 Å². The fraction of sp³-hybridized carbons (Fsp3) is 0.850. The van der Waals surface area contributed by atoms with E-state index in [1.54, 1.807) is 0 Å². The van der Waals surface area contributed by atoms with Gasteiger partial charge in [0.05, 0.1) is 12.0 Å². The van der Waals surface area contributed by atoms with Crippen LogP contribution in [0.2, 0.25) is 0 Å². The van der Waals surface area contributed by atoms with Crippen LogP contribution in [0.15, 0.2) is 11.6 Å². The van der Waals surface area contributed by atoms with Gasteiger partial charge in [0, 0.05) is 13.0 Å².